The maximum atomic E-state index is 11.9. The first kappa shape index (κ1) is 14.3. The molecular formula is C13H13NO5S. The first-order chi connectivity index (χ1) is 9.58. The third-order valence-corrected chi connectivity index (χ3v) is 3.75. The van der Waals surface area contributed by atoms with Gasteiger partial charge in [-0.2, -0.15) is 4.98 Å². The molecule has 0 saturated carbocycles. The van der Waals surface area contributed by atoms with Crippen molar-refractivity contribution in [3.05, 3.63) is 17.0 Å². The normalized spacial score (nSPS) is 10.3. The molecule has 0 atom stereocenters. The van der Waals surface area contributed by atoms with Crippen LogP contribution in [0.5, 0.6) is 11.6 Å². The molecule has 106 valence electrons. The summed E-state index contributed by atoms with van der Waals surface area (Å²) in [7, 11) is 4.26. The Balaban J connectivity index is 2.38. The van der Waals surface area contributed by atoms with Gasteiger partial charge < -0.3 is 14.2 Å². The zero-order chi connectivity index (χ0) is 14.7. The van der Waals surface area contributed by atoms with Gasteiger partial charge in [0.2, 0.25) is 0 Å². The molecule has 0 radical (unpaired) electrons. The summed E-state index contributed by atoms with van der Waals surface area (Å²) in [5.74, 6) is -0.00746. The van der Waals surface area contributed by atoms with Crippen molar-refractivity contribution in [2.75, 3.05) is 21.3 Å². The number of pyridine rings is 1. The van der Waals surface area contributed by atoms with Gasteiger partial charge in [0.1, 0.15) is 11.3 Å². The molecule has 2 heterocycles. The Kier molecular flexibility index (Phi) is 4.19. The highest BCUT2D eigenvalue weighted by atomic mass is 32.1. The quantitative estimate of drug-likeness (QED) is 0.477. The summed E-state index contributed by atoms with van der Waals surface area (Å²) < 4.78 is 14.7. The van der Waals surface area contributed by atoms with E-state index in [1.807, 2.05) is 0 Å². The number of hydrogen-bond donors (Lipinski definition) is 0. The Morgan fingerprint density at radius 1 is 1.20 bits per heavy atom. The fourth-order valence-corrected chi connectivity index (χ4v) is 2.60. The highest BCUT2D eigenvalue weighted by molar-refractivity contribution is 7.20. The average molecular weight is 295 g/mol. The van der Waals surface area contributed by atoms with Gasteiger partial charge in [0.15, 0.2) is 11.5 Å². The Morgan fingerprint density at radius 2 is 1.95 bits per heavy atom. The maximum Gasteiger partial charge on any atom is 0.313 e. The smallest absolute Gasteiger partial charge is 0.313 e. The zero-order valence-corrected chi connectivity index (χ0v) is 12.1. The highest BCUT2D eigenvalue weighted by Crippen LogP contribution is 2.33. The molecule has 2 aromatic rings. The van der Waals surface area contributed by atoms with Crippen molar-refractivity contribution < 1.29 is 23.8 Å². The molecule has 0 unspecified atom stereocenters. The summed E-state index contributed by atoms with van der Waals surface area (Å²) in [6.07, 6.45) is -0.280. The number of hydrogen-bond acceptors (Lipinski definition) is 7. The number of carbonyl (C=O) groups is 2. The van der Waals surface area contributed by atoms with E-state index in [0.29, 0.717) is 21.3 Å². The lowest BCUT2D eigenvalue weighted by Gasteiger charge is -2.05. The number of Topliss-reactive ketones (excluding diaryl/α,β-unsaturated/α-hetero) is 1. The first-order valence-corrected chi connectivity index (χ1v) is 6.53. The molecule has 0 aliphatic heterocycles. The van der Waals surface area contributed by atoms with Crippen molar-refractivity contribution in [3.63, 3.8) is 0 Å². The van der Waals surface area contributed by atoms with Gasteiger partial charge in [-0.1, -0.05) is 0 Å². The lowest BCUT2D eigenvalue weighted by atomic mass is 10.2. The fourth-order valence-electron chi connectivity index (χ4n) is 1.66. The van der Waals surface area contributed by atoms with Crippen molar-refractivity contribution in [2.24, 2.45) is 0 Å². The predicted octanol–water partition coefficient (Wildman–Crippen LogP) is 2.06. The average Bonchev–Trinajstić information content (AvgIpc) is 2.88. The second-order valence-corrected chi connectivity index (χ2v) is 4.91. The molecule has 6 nitrogen and oxygen atoms in total. The molecule has 0 fully saturated rings. The highest BCUT2D eigenvalue weighted by Gasteiger charge is 2.17. The SMILES string of the molecule is COC(=O)CC(=O)c1cc2cc(OC)c(OC)nc2s1. The molecule has 0 aromatic carbocycles. The molecule has 0 N–H and O–H groups in total. The van der Waals surface area contributed by atoms with Crippen LogP contribution in [0.3, 0.4) is 0 Å². The Labute approximate surface area is 119 Å². The summed E-state index contributed by atoms with van der Waals surface area (Å²) in [6.45, 7) is 0. The lowest BCUT2D eigenvalue weighted by molar-refractivity contribution is -0.139. The summed E-state index contributed by atoms with van der Waals surface area (Å²) in [4.78, 5) is 28.4. The monoisotopic (exact) mass is 295 g/mol. The van der Waals surface area contributed by atoms with Gasteiger partial charge in [-0.05, 0) is 12.1 Å². The second-order valence-electron chi connectivity index (χ2n) is 3.88. The molecule has 2 rings (SSSR count). The molecule has 0 aliphatic carbocycles. The molecule has 20 heavy (non-hydrogen) atoms. The number of rotatable bonds is 5. The summed E-state index contributed by atoms with van der Waals surface area (Å²) in [5, 5.41) is 0.765. The predicted molar refractivity (Wildman–Crippen MR) is 73.7 cm³/mol. The minimum Gasteiger partial charge on any atom is -0.491 e. The molecule has 2 aromatic heterocycles. The van der Waals surface area contributed by atoms with Gasteiger partial charge in [0, 0.05) is 5.39 Å². The van der Waals surface area contributed by atoms with Crippen molar-refractivity contribution in [1.29, 1.82) is 0 Å². The number of fused-ring (bicyclic) bond motifs is 1. The minimum absolute atomic E-state index is 0.280. The Bertz CT molecular complexity index is 623. The van der Waals surface area contributed by atoms with E-state index < -0.39 is 5.97 Å². The van der Waals surface area contributed by atoms with Crippen LogP contribution in [0, 0.1) is 0 Å². The van der Waals surface area contributed by atoms with Crippen LogP contribution in [-0.2, 0) is 9.53 Å². The molecule has 0 spiro atoms. The third-order valence-electron chi connectivity index (χ3n) is 2.66. The summed E-state index contributed by atoms with van der Waals surface area (Å²) in [5.41, 5.74) is 0. The van der Waals surface area contributed by atoms with Gasteiger partial charge in [-0.15, -0.1) is 11.3 Å². The van der Waals surface area contributed by atoms with E-state index in [1.165, 1.54) is 32.7 Å². The standard InChI is InChI=1S/C13H13NO5S/c1-17-9-4-7-5-10(8(15)6-11(16)18-2)20-13(7)14-12(9)19-3/h4-5H,6H2,1-3H3. The number of ketones is 1. The number of ether oxygens (including phenoxy) is 3. The Hall–Kier alpha value is -2.15. The van der Waals surface area contributed by atoms with Crippen molar-refractivity contribution in [2.45, 2.75) is 6.42 Å². The molecule has 0 amide bonds. The number of thiophene rings is 1. The fraction of sp³-hybridized carbons (Fsp3) is 0.308. The van der Waals surface area contributed by atoms with Crippen LogP contribution < -0.4 is 9.47 Å². The molecule has 7 heteroatoms. The van der Waals surface area contributed by atoms with E-state index >= 15 is 0 Å². The van der Waals surface area contributed by atoms with E-state index in [-0.39, 0.29) is 12.2 Å². The molecule has 0 bridgehead atoms. The number of esters is 1. The van der Waals surface area contributed by atoms with Gasteiger partial charge in [0.25, 0.3) is 5.88 Å². The number of aromatic nitrogens is 1. The van der Waals surface area contributed by atoms with E-state index in [1.54, 1.807) is 12.1 Å². The van der Waals surface area contributed by atoms with Crippen LogP contribution in [0.4, 0.5) is 0 Å². The topological polar surface area (TPSA) is 74.7 Å². The van der Waals surface area contributed by atoms with Crippen molar-refractivity contribution in [3.8, 4) is 11.6 Å². The van der Waals surface area contributed by atoms with Gasteiger partial charge in [-0.3, -0.25) is 9.59 Å². The number of nitrogens with zero attached hydrogens (tertiary/aromatic N) is 1. The van der Waals surface area contributed by atoms with Crippen LogP contribution in [0.15, 0.2) is 12.1 Å². The minimum atomic E-state index is -0.560. The van der Waals surface area contributed by atoms with Crippen molar-refractivity contribution >= 4 is 33.3 Å². The largest absolute Gasteiger partial charge is 0.491 e. The van der Waals surface area contributed by atoms with Gasteiger partial charge in [0.05, 0.1) is 26.2 Å². The van der Waals surface area contributed by atoms with Crippen LogP contribution >= 0.6 is 11.3 Å². The number of methoxy groups -OCH3 is 3. The molecule has 0 aliphatic rings. The van der Waals surface area contributed by atoms with Crippen LogP contribution in [0.1, 0.15) is 16.1 Å². The van der Waals surface area contributed by atoms with Crippen molar-refractivity contribution in [1.82, 2.24) is 4.98 Å². The van der Waals surface area contributed by atoms with E-state index in [0.717, 1.165) is 5.39 Å². The van der Waals surface area contributed by atoms with Crippen LogP contribution in [0.25, 0.3) is 10.2 Å². The molecule has 0 saturated heterocycles. The maximum absolute atomic E-state index is 11.9. The first-order valence-electron chi connectivity index (χ1n) is 5.71. The summed E-state index contributed by atoms with van der Waals surface area (Å²) >= 11 is 1.20. The van der Waals surface area contributed by atoms with Crippen LogP contribution in [-0.4, -0.2) is 38.1 Å². The molecular weight excluding hydrogens is 282 g/mol. The van der Waals surface area contributed by atoms with Crippen LogP contribution in [0.2, 0.25) is 0 Å². The lowest BCUT2D eigenvalue weighted by Crippen LogP contribution is -2.07. The number of carbonyl (C=O) groups excluding carboxylic acids is 2. The zero-order valence-electron chi connectivity index (χ0n) is 11.3. The second kappa shape index (κ2) is 5.87. The van der Waals surface area contributed by atoms with E-state index in [4.69, 9.17) is 9.47 Å². The Morgan fingerprint density at radius 3 is 2.55 bits per heavy atom. The summed E-state index contributed by atoms with van der Waals surface area (Å²) in [6, 6.07) is 3.42. The van der Waals surface area contributed by atoms with Gasteiger partial charge in [-0.25, -0.2) is 0 Å². The van der Waals surface area contributed by atoms with E-state index in [2.05, 4.69) is 9.72 Å². The van der Waals surface area contributed by atoms with Gasteiger partial charge >= 0.3 is 5.97 Å². The van der Waals surface area contributed by atoms with E-state index in [9.17, 15) is 9.59 Å². The third kappa shape index (κ3) is 2.72.